The van der Waals surface area contributed by atoms with Crippen LogP contribution in [0.5, 0.6) is 0 Å². The zero-order chi connectivity index (χ0) is 27.5. The van der Waals surface area contributed by atoms with E-state index in [9.17, 15) is 26.4 Å². The molecule has 0 N–H and O–H groups in total. The first kappa shape index (κ1) is 27.6. The smallest absolute Gasteiger partial charge is 0.311 e. The summed E-state index contributed by atoms with van der Waals surface area (Å²) in [5, 5.41) is 1.11. The lowest BCUT2D eigenvalue weighted by molar-refractivity contribution is -0.137. The molecule has 0 spiro atoms. The van der Waals surface area contributed by atoms with Gasteiger partial charge in [-0.2, -0.15) is 17.5 Å². The van der Waals surface area contributed by atoms with Crippen molar-refractivity contribution >= 4 is 44.0 Å². The zero-order valence-electron chi connectivity index (χ0n) is 20.3. The summed E-state index contributed by atoms with van der Waals surface area (Å²) in [5.74, 6) is -0.520. The lowest BCUT2D eigenvalue weighted by atomic mass is 10.1. The number of fused-ring (bicyclic) bond motifs is 1. The van der Waals surface area contributed by atoms with Crippen LogP contribution < -0.4 is 4.90 Å². The molecular formula is C28H24ClF3N2O3S. The number of alkyl halides is 3. The van der Waals surface area contributed by atoms with Crippen molar-refractivity contribution in [1.29, 1.82) is 0 Å². The van der Waals surface area contributed by atoms with Gasteiger partial charge in [0, 0.05) is 18.5 Å². The number of sulfonamides is 1. The molecule has 38 heavy (non-hydrogen) atoms. The monoisotopic (exact) mass is 560 g/mol. The number of benzene rings is 4. The molecule has 0 aliphatic carbocycles. The number of rotatable bonds is 8. The van der Waals surface area contributed by atoms with Crippen LogP contribution in [0.15, 0.2) is 95.9 Å². The molecule has 0 aliphatic heterocycles. The van der Waals surface area contributed by atoms with Gasteiger partial charge in [-0.3, -0.25) is 4.79 Å². The first-order chi connectivity index (χ1) is 18.0. The van der Waals surface area contributed by atoms with Crippen LogP contribution in [0.2, 0.25) is 5.02 Å². The lowest BCUT2D eigenvalue weighted by Gasteiger charge is -2.27. The summed E-state index contributed by atoms with van der Waals surface area (Å²) in [7, 11) is -4.53. The summed E-state index contributed by atoms with van der Waals surface area (Å²) in [6, 6.07) is 23.9. The maximum Gasteiger partial charge on any atom is 0.417 e. The van der Waals surface area contributed by atoms with E-state index in [-0.39, 0.29) is 13.1 Å². The lowest BCUT2D eigenvalue weighted by Crippen LogP contribution is -2.42. The number of halogens is 4. The Labute approximate surface area is 224 Å². The van der Waals surface area contributed by atoms with E-state index in [4.69, 9.17) is 11.6 Å². The molecule has 0 fully saturated rings. The Hall–Kier alpha value is -3.40. The Morgan fingerprint density at radius 3 is 2.24 bits per heavy atom. The summed E-state index contributed by atoms with van der Waals surface area (Å²) in [6.07, 6.45) is -4.85. The van der Waals surface area contributed by atoms with E-state index in [1.54, 1.807) is 49.4 Å². The summed E-state index contributed by atoms with van der Waals surface area (Å²) in [5.41, 5.74) is -0.0854. The third kappa shape index (κ3) is 5.85. The van der Waals surface area contributed by atoms with Gasteiger partial charge in [0.1, 0.15) is 0 Å². The number of carbonyl (C=O) groups is 1. The normalized spacial score (nSPS) is 12.2. The van der Waals surface area contributed by atoms with E-state index in [1.807, 2.05) is 30.3 Å². The molecule has 198 valence electrons. The minimum atomic E-state index is -4.85. The van der Waals surface area contributed by atoms with Gasteiger partial charge < -0.3 is 4.90 Å². The topological polar surface area (TPSA) is 57.7 Å². The van der Waals surface area contributed by atoms with Crippen LogP contribution in [0, 0.1) is 0 Å². The van der Waals surface area contributed by atoms with Crippen molar-refractivity contribution in [2.45, 2.75) is 24.5 Å². The molecule has 4 aromatic rings. The average Bonchev–Trinajstić information content (AvgIpc) is 2.89. The summed E-state index contributed by atoms with van der Waals surface area (Å²) in [4.78, 5) is 14.5. The van der Waals surface area contributed by atoms with E-state index in [1.165, 1.54) is 4.90 Å². The molecule has 5 nitrogen and oxygen atoms in total. The highest BCUT2D eigenvalue weighted by molar-refractivity contribution is 7.89. The van der Waals surface area contributed by atoms with Crippen molar-refractivity contribution in [3.05, 3.63) is 107 Å². The van der Waals surface area contributed by atoms with Crippen LogP contribution >= 0.6 is 11.6 Å². The number of hydrogen-bond donors (Lipinski definition) is 0. The molecule has 0 saturated heterocycles. The van der Waals surface area contributed by atoms with Crippen molar-refractivity contribution in [3.8, 4) is 0 Å². The molecule has 0 radical (unpaired) electrons. The van der Waals surface area contributed by atoms with Gasteiger partial charge in [-0.25, -0.2) is 8.42 Å². The summed E-state index contributed by atoms with van der Waals surface area (Å²) in [6.45, 7) is 1.22. The second kappa shape index (κ2) is 11.1. The van der Waals surface area contributed by atoms with Gasteiger partial charge in [0.05, 0.1) is 27.7 Å². The predicted octanol–water partition coefficient (Wildman–Crippen LogP) is 6.76. The molecule has 10 heteroatoms. The van der Waals surface area contributed by atoms with Gasteiger partial charge in [-0.15, -0.1) is 0 Å². The minimum absolute atomic E-state index is 0.216. The number of carbonyl (C=O) groups excluding carboxylic acids is 1. The maximum atomic E-state index is 13.7. The Morgan fingerprint density at radius 1 is 0.895 bits per heavy atom. The Bertz CT molecular complexity index is 1560. The summed E-state index contributed by atoms with van der Waals surface area (Å²) >= 11 is 5.71. The molecule has 4 rings (SSSR count). The summed E-state index contributed by atoms with van der Waals surface area (Å²) < 4.78 is 68.7. The largest absolute Gasteiger partial charge is 0.417 e. The van der Waals surface area contributed by atoms with Crippen LogP contribution in [0.25, 0.3) is 10.8 Å². The van der Waals surface area contributed by atoms with E-state index >= 15 is 0 Å². The van der Waals surface area contributed by atoms with Gasteiger partial charge in [0.25, 0.3) is 0 Å². The highest BCUT2D eigenvalue weighted by Crippen LogP contribution is 2.36. The van der Waals surface area contributed by atoms with Crippen molar-refractivity contribution < 1.29 is 26.4 Å². The number of anilines is 1. The van der Waals surface area contributed by atoms with E-state index < -0.39 is 44.1 Å². The Morgan fingerprint density at radius 2 is 1.55 bits per heavy atom. The molecular weight excluding hydrogens is 537 g/mol. The molecule has 0 atom stereocenters. The maximum absolute atomic E-state index is 13.7. The fourth-order valence-electron chi connectivity index (χ4n) is 4.21. The van der Waals surface area contributed by atoms with Gasteiger partial charge in [-0.05, 0) is 42.1 Å². The highest BCUT2D eigenvalue weighted by Gasteiger charge is 2.36. The third-order valence-electron chi connectivity index (χ3n) is 6.07. The zero-order valence-corrected chi connectivity index (χ0v) is 21.9. The van der Waals surface area contributed by atoms with Crippen molar-refractivity contribution in [3.63, 3.8) is 0 Å². The van der Waals surface area contributed by atoms with Crippen molar-refractivity contribution in [2.24, 2.45) is 0 Å². The van der Waals surface area contributed by atoms with E-state index in [2.05, 4.69) is 0 Å². The quantitative estimate of drug-likeness (QED) is 0.239. The minimum Gasteiger partial charge on any atom is -0.311 e. The molecule has 0 bridgehead atoms. The van der Waals surface area contributed by atoms with E-state index in [0.29, 0.717) is 17.3 Å². The Kier molecular flexibility index (Phi) is 8.10. The molecule has 4 aromatic carbocycles. The van der Waals surface area contributed by atoms with Crippen LogP contribution in [-0.2, 0) is 27.5 Å². The second-order valence-electron chi connectivity index (χ2n) is 8.53. The molecule has 0 aromatic heterocycles. The SMILES string of the molecule is CCN(C(=O)CN(Cc1ccccc1)S(=O)(=O)c1ccc(Cl)c(C(F)(F)F)c1)c1cccc2ccccc12. The molecule has 0 heterocycles. The van der Waals surface area contributed by atoms with Crippen LogP contribution in [0.4, 0.5) is 18.9 Å². The van der Waals surface area contributed by atoms with Gasteiger partial charge in [0.2, 0.25) is 15.9 Å². The fourth-order valence-corrected chi connectivity index (χ4v) is 5.83. The molecule has 0 saturated carbocycles. The standard InChI is InChI=1S/C28H24ClF3N2O3S/c1-2-34(26-14-8-12-21-11-6-7-13-23(21)26)27(35)19-33(18-20-9-4-3-5-10-20)38(36,37)22-15-16-25(29)24(17-22)28(30,31)32/h3-17H,2,18-19H2,1H3. The molecule has 1 amide bonds. The van der Waals surface area contributed by atoms with Gasteiger partial charge in [-0.1, -0.05) is 78.3 Å². The fraction of sp³-hybridized carbons (Fsp3) is 0.179. The number of likely N-dealkylation sites (N-methyl/N-ethyl adjacent to an activating group) is 1. The van der Waals surface area contributed by atoms with Crippen LogP contribution in [0.3, 0.4) is 0 Å². The molecule has 0 aliphatic rings. The van der Waals surface area contributed by atoms with Crippen LogP contribution in [-0.4, -0.2) is 31.7 Å². The van der Waals surface area contributed by atoms with Crippen molar-refractivity contribution in [2.75, 3.05) is 18.0 Å². The highest BCUT2D eigenvalue weighted by atomic mass is 35.5. The molecule has 0 unspecified atom stereocenters. The first-order valence-corrected chi connectivity index (χ1v) is 13.5. The van der Waals surface area contributed by atoms with Gasteiger partial charge in [0.15, 0.2) is 0 Å². The van der Waals surface area contributed by atoms with E-state index in [0.717, 1.165) is 27.2 Å². The number of nitrogens with zero attached hydrogens (tertiary/aromatic N) is 2. The predicted molar refractivity (Wildman–Crippen MR) is 142 cm³/mol. The van der Waals surface area contributed by atoms with Gasteiger partial charge >= 0.3 is 6.18 Å². The van der Waals surface area contributed by atoms with Crippen LogP contribution in [0.1, 0.15) is 18.1 Å². The van der Waals surface area contributed by atoms with Crippen molar-refractivity contribution in [1.82, 2.24) is 4.31 Å². The third-order valence-corrected chi connectivity index (χ3v) is 8.19. The number of hydrogen-bond acceptors (Lipinski definition) is 3. The number of amides is 1. The average molecular weight is 561 g/mol. The second-order valence-corrected chi connectivity index (χ2v) is 10.9. The Balaban J connectivity index is 1.74. The first-order valence-electron chi connectivity index (χ1n) is 11.7.